The Morgan fingerprint density at radius 2 is 1.83 bits per heavy atom. The Morgan fingerprint density at radius 1 is 1.06 bits per heavy atom. The molecule has 18 heavy (non-hydrogen) atoms. The van der Waals surface area contributed by atoms with Gasteiger partial charge in [0.1, 0.15) is 0 Å². The molecule has 1 nitrogen and oxygen atoms in total. The Labute approximate surface area is 114 Å². The van der Waals surface area contributed by atoms with Gasteiger partial charge in [0.15, 0.2) is 0 Å². The van der Waals surface area contributed by atoms with E-state index in [2.05, 4.69) is 42.6 Å². The first-order chi connectivity index (χ1) is 8.79. The first kappa shape index (κ1) is 13.1. The Morgan fingerprint density at radius 3 is 2.50 bits per heavy atom. The summed E-state index contributed by atoms with van der Waals surface area (Å²) < 4.78 is 0. The van der Waals surface area contributed by atoms with E-state index in [1.807, 2.05) is 24.3 Å². The largest absolute Gasteiger partial charge is 0.306 e. The normalized spacial score (nSPS) is 12.3. The molecule has 0 aromatic heterocycles. The zero-order valence-corrected chi connectivity index (χ0v) is 11.3. The first-order valence-corrected chi connectivity index (χ1v) is 6.70. The second-order valence-electron chi connectivity index (χ2n) is 4.38. The highest BCUT2D eigenvalue weighted by molar-refractivity contribution is 6.30. The third-order valence-electron chi connectivity index (χ3n) is 3.05. The Balaban J connectivity index is 2.02. The van der Waals surface area contributed by atoms with Gasteiger partial charge in [0, 0.05) is 17.6 Å². The summed E-state index contributed by atoms with van der Waals surface area (Å²) in [6.45, 7) is 3.06. The van der Waals surface area contributed by atoms with Crippen LogP contribution in [0.1, 0.15) is 30.5 Å². The van der Waals surface area contributed by atoms with Crippen molar-refractivity contribution < 1.29 is 0 Å². The van der Waals surface area contributed by atoms with Gasteiger partial charge in [-0.15, -0.1) is 0 Å². The molecule has 2 aromatic carbocycles. The summed E-state index contributed by atoms with van der Waals surface area (Å²) in [6, 6.07) is 18.9. The van der Waals surface area contributed by atoms with E-state index >= 15 is 0 Å². The molecule has 0 unspecified atom stereocenters. The molecular weight excluding hydrogens is 242 g/mol. The predicted octanol–water partition coefficient (Wildman–Crippen LogP) is 4.58. The zero-order valence-electron chi connectivity index (χ0n) is 10.6. The molecule has 0 aliphatic carbocycles. The van der Waals surface area contributed by atoms with E-state index in [-0.39, 0.29) is 0 Å². The van der Waals surface area contributed by atoms with Crippen molar-refractivity contribution in [2.45, 2.75) is 25.9 Å². The van der Waals surface area contributed by atoms with Gasteiger partial charge in [0.05, 0.1) is 0 Å². The number of hydrogen-bond donors (Lipinski definition) is 1. The molecule has 0 radical (unpaired) electrons. The number of halogens is 1. The molecule has 2 rings (SSSR count). The first-order valence-electron chi connectivity index (χ1n) is 6.32. The maximum atomic E-state index is 6.04. The SMILES string of the molecule is CC[C@H](NCc1ccccc1)c1cccc(Cl)c1. The van der Waals surface area contributed by atoms with Gasteiger partial charge >= 0.3 is 0 Å². The third-order valence-corrected chi connectivity index (χ3v) is 3.29. The van der Waals surface area contributed by atoms with Gasteiger partial charge < -0.3 is 5.32 Å². The van der Waals surface area contributed by atoms with Crippen LogP contribution in [0.25, 0.3) is 0 Å². The lowest BCUT2D eigenvalue weighted by molar-refractivity contribution is 0.519. The average molecular weight is 260 g/mol. The molecule has 2 aromatic rings. The standard InChI is InChI=1S/C16H18ClN/c1-2-16(14-9-6-10-15(17)11-14)18-12-13-7-4-3-5-8-13/h3-11,16,18H,2,12H2,1H3/t16-/m0/s1. The average Bonchev–Trinajstić information content (AvgIpc) is 2.41. The molecule has 0 saturated carbocycles. The molecule has 1 atom stereocenters. The number of benzene rings is 2. The van der Waals surface area contributed by atoms with Gasteiger partial charge in [0.2, 0.25) is 0 Å². The Bertz CT molecular complexity index is 481. The lowest BCUT2D eigenvalue weighted by atomic mass is 10.0. The summed E-state index contributed by atoms with van der Waals surface area (Å²) in [5, 5.41) is 4.37. The molecule has 1 N–H and O–H groups in total. The smallest absolute Gasteiger partial charge is 0.0409 e. The van der Waals surface area contributed by atoms with Crippen LogP contribution >= 0.6 is 11.6 Å². The number of rotatable bonds is 5. The van der Waals surface area contributed by atoms with Gasteiger partial charge in [-0.25, -0.2) is 0 Å². The summed E-state index contributed by atoms with van der Waals surface area (Å²) >= 11 is 6.04. The lowest BCUT2D eigenvalue weighted by Gasteiger charge is -2.17. The minimum absolute atomic E-state index is 0.351. The lowest BCUT2D eigenvalue weighted by Crippen LogP contribution is -2.20. The van der Waals surface area contributed by atoms with Gasteiger partial charge in [-0.3, -0.25) is 0 Å². The van der Waals surface area contributed by atoms with Crippen LogP contribution in [0.5, 0.6) is 0 Å². The number of hydrogen-bond acceptors (Lipinski definition) is 1. The molecule has 0 aliphatic rings. The zero-order chi connectivity index (χ0) is 12.8. The van der Waals surface area contributed by atoms with Crippen LogP contribution in [-0.4, -0.2) is 0 Å². The van der Waals surface area contributed by atoms with E-state index in [1.54, 1.807) is 0 Å². The van der Waals surface area contributed by atoms with E-state index in [0.717, 1.165) is 18.0 Å². The van der Waals surface area contributed by atoms with Crippen molar-refractivity contribution in [2.24, 2.45) is 0 Å². The topological polar surface area (TPSA) is 12.0 Å². The van der Waals surface area contributed by atoms with Crippen molar-refractivity contribution in [3.63, 3.8) is 0 Å². The second kappa shape index (κ2) is 6.58. The molecule has 0 fully saturated rings. The highest BCUT2D eigenvalue weighted by Crippen LogP contribution is 2.20. The second-order valence-corrected chi connectivity index (χ2v) is 4.82. The minimum atomic E-state index is 0.351. The number of nitrogens with one attached hydrogen (secondary N) is 1. The highest BCUT2D eigenvalue weighted by Gasteiger charge is 2.08. The van der Waals surface area contributed by atoms with Crippen LogP contribution in [0.15, 0.2) is 54.6 Å². The fourth-order valence-electron chi connectivity index (χ4n) is 2.06. The molecule has 0 amide bonds. The van der Waals surface area contributed by atoms with E-state index in [4.69, 9.17) is 11.6 Å². The van der Waals surface area contributed by atoms with Crippen LogP contribution in [0.4, 0.5) is 0 Å². The van der Waals surface area contributed by atoms with E-state index < -0.39 is 0 Å². The predicted molar refractivity (Wildman–Crippen MR) is 77.8 cm³/mol. The molecule has 0 bridgehead atoms. The molecule has 0 spiro atoms. The van der Waals surface area contributed by atoms with Crippen molar-refractivity contribution in [1.29, 1.82) is 0 Å². The molecule has 0 heterocycles. The molecular formula is C16H18ClN. The Kier molecular flexibility index (Phi) is 4.80. The van der Waals surface area contributed by atoms with Crippen LogP contribution in [0.3, 0.4) is 0 Å². The maximum Gasteiger partial charge on any atom is 0.0409 e. The van der Waals surface area contributed by atoms with Crippen LogP contribution in [0, 0.1) is 0 Å². The monoisotopic (exact) mass is 259 g/mol. The van der Waals surface area contributed by atoms with Crippen molar-refractivity contribution >= 4 is 11.6 Å². The van der Waals surface area contributed by atoms with Gasteiger partial charge in [-0.2, -0.15) is 0 Å². The van der Waals surface area contributed by atoms with Crippen molar-refractivity contribution in [1.82, 2.24) is 5.32 Å². The van der Waals surface area contributed by atoms with Crippen LogP contribution in [0.2, 0.25) is 5.02 Å². The van der Waals surface area contributed by atoms with Crippen molar-refractivity contribution in [3.05, 3.63) is 70.7 Å². The molecule has 94 valence electrons. The fraction of sp³-hybridized carbons (Fsp3) is 0.250. The molecule has 2 heteroatoms. The van der Waals surface area contributed by atoms with Crippen molar-refractivity contribution in [3.8, 4) is 0 Å². The summed E-state index contributed by atoms with van der Waals surface area (Å²) in [5.74, 6) is 0. The quantitative estimate of drug-likeness (QED) is 0.829. The third kappa shape index (κ3) is 3.59. The van der Waals surface area contributed by atoms with Gasteiger partial charge in [-0.05, 0) is 29.7 Å². The highest BCUT2D eigenvalue weighted by atomic mass is 35.5. The van der Waals surface area contributed by atoms with Crippen LogP contribution in [-0.2, 0) is 6.54 Å². The summed E-state index contributed by atoms with van der Waals surface area (Å²) in [6.07, 6.45) is 1.05. The van der Waals surface area contributed by atoms with Crippen molar-refractivity contribution in [2.75, 3.05) is 0 Å². The van der Waals surface area contributed by atoms with Gasteiger partial charge in [-0.1, -0.05) is 61.0 Å². The van der Waals surface area contributed by atoms with Gasteiger partial charge in [0.25, 0.3) is 0 Å². The van der Waals surface area contributed by atoms with E-state index in [1.165, 1.54) is 11.1 Å². The minimum Gasteiger partial charge on any atom is -0.306 e. The summed E-state index contributed by atoms with van der Waals surface area (Å²) in [5.41, 5.74) is 2.55. The van der Waals surface area contributed by atoms with E-state index in [0.29, 0.717) is 6.04 Å². The Hall–Kier alpha value is -1.31. The maximum absolute atomic E-state index is 6.04. The summed E-state index contributed by atoms with van der Waals surface area (Å²) in [4.78, 5) is 0. The van der Waals surface area contributed by atoms with Crippen LogP contribution < -0.4 is 5.32 Å². The summed E-state index contributed by atoms with van der Waals surface area (Å²) in [7, 11) is 0. The van der Waals surface area contributed by atoms with E-state index in [9.17, 15) is 0 Å². The molecule has 0 saturated heterocycles. The molecule has 0 aliphatic heterocycles. The fourth-order valence-corrected chi connectivity index (χ4v) is 2.26.